The summed E-state index contributed by atoms with van der Waals surface area (Å²) in [6.07, 6.45) is 5.48. The Morgan fingerprint density at radius 1 is 1.35 bits per heavy atom. The van der Waals surface area contributed by atoms with Crippen LogP contribution in [0.25, 0.3) is 0 Å². The number of aliphatic hydroxyl groups is 1. The molecule has 5 atom stereocenters. The maximum absolute atomic E-state index is 11.9. The summed E-state index contributed by atoms with van der Waals surface area (Å²) in [4.78, 5) is 21.5. The van der Waals surface area contributed by atoms with Crippen LogP contribution in [0.1, 0.15) is 58.8 Å². The summed E-state index contributed by atoms with van der Waals surface area (Å²) in [6, 6.07) is -0.587. The third kappa shape index (κ3) is 6.84. The Hall–Kier alpha value is -0.550. The second-order valence-electron chi connectivity index (χ2n) is 6.81. The van der Waals surface area contributed by atoms with Gasteiger partial charge in [0.25, 0.3) is 0 Å². The number of carbonyl (C=O) groups excluding carboxylic acids is 1. The normalized spacial score (nSPS) is 22.0. The van der Waals surface area contributed by atoms with Crippen LogP contribution in [0.15, 0.2) is 0 Å². The van der Waals surface area contributed by atoms with Gasteiger partial charge in [-0.15, -0.1) is 0 Å². The van der Waals surface area contributed by atoms with Crippen molar-refractivity contribution in [2.24, 2.45) is 17.6 Å². The van der Waals surface area contributed by atoms with Gasteiger partial charge >= 0.3 is 8.03 Å². The van der Waals surface area contributed by atoms with Crippen LogP contribution in [-0.2, 0) is 9.36 Å². The van der Waals surface area contributed by atoms with Crippen molar-refractivity contribution in [2.45, 2.75) is 76.6 Å². The summed E-state index contributed by atoms with van der Waals surface area (Å²) in [6.45, 7) is 3.96. The van der Waals surface area contributed by atoms with E-state index in [0.717, 1.165) is 32.1 Å². The third-order valence-corrected chi connectivity index (χ3v) is 6.26. The zero-order valence-corrected chi connectivity index (χ0v) is 15.2. The Bertz CT molecular complexity index is 388. The highest BCUT2D eigenvalue weighted by Gasteiger charge is 2.39. The van der Waals surface area contributed by atoms with E-state index in [-0.39, 0.29) is 36.4 Å². The first-order valence-corrected chi connectivity index (χ1v) is 10.0. The van der Waals surface area contributed by atoms with Crippen LogP contribution in [-0.4, -0.2) is 40.3 Å². The number of nitrogens with two attached hydrogens (primary N) is 1. The Labute approximate surface area is 140 Å². The first kappa shape index (κ1) is 20.5. The topological polar surface area (TPSA) is 113 Å². The van der Waals surface area contributed by atoms with Crippen LogP contribution in [0.2, 0.25) is 0 Å². The Morgan fingerprint density at radius 3 is 2.48 bits per heavy atom. The highest BCUT2D eigenvalue weighted by atomic mass is 31.1. The molecular weight excluding hydrogens is 315 g/mol. The molecule has 0 aromatic carbocycles. The lowest BCUT2D eigenvalue weighted by molar-refractivity contribution is -0.123. The lowest BCUT2D eigenvalue weighted by Crippen LogP contribution is -2.47. The molecule has 1 aliphatic rings. The number of amides is 1. The molecule has 134 valence electrons. The van der Waals surface area contributed by atoms with E-state index in [1.807, 2.05) is 13.8 Å². The molecule has 7 heteroatoms. The highest BCUT2D eigenvalue weighted by Crippen LogP contribution is 2.40. The Kier molecular flexibility index (Phi) is 9.22. The molecule has 1 rings (SSSR count). The first-order chi connectivity index (χ1) is 10.9. The molecule has 1 saturated carbocycles. The van der Waals surface area contributed by atoms with Crippen molar-refractivity contribution in [1.82, 2.24) is 5.32 Å². The fourth-order valence-electron chi connectivity index (χ4n) is 3.19. The molecule has 0 bridgehead atoms. The predicted molar refractivity (Wildman–Crippen MR) is 91.3 cm³/mol. The van der Waals surface area contributed by atoms with Crippen molar-refractivity contribution >= 4 is 13.9 Å². The van der Waals surface area contributed by atoms with Crippen LogP contribution in [0.5, 0.6) is 0 Å². The quantitative estimate of drug-likeness (QED) is 0.476. The number of hydrogen-bond donors (Lipinski definition) is 4. The fraction of sp³-hybridized carbons (Fsp3) is 0.938. The van der Waals surface area contributed by atoms with Crippen molar-refractivity contribution < 1.29 is 19.4 Å². The van der Waals surface area contributed by atoms with E-state index in [4.69, 9.17) is 5.73 Å². The van der Waals surface area contributed by atoms with Crippen LogP contribution in [0.3, 0.4) is 0 Å². The summed E-state index contributed by atoms with van der Waals surface area (Å²) in [5, 5.41) is 12.8. The maximum atomic E-state index is 11.9. The standard InChI is InChI=1S/C16H31N2O4P/c1-3-11(2)15(17)16(20)18-10-13(19)9-14(23(21)22)12-7-5-4-6-8-12/h11-15,19H,3-10,17H2,1-2H3,(H-,18,20,21,22)/p+1/t11?,13-,14?,15?/m1/s1. The van der Waals surface area contributed by atoms with E-state index < -0.39 is 20.2 Å². The van der Waals surface area contributed by atoms with Crippen molar-refractivity contribution in [3.05, 3.63) is 0 Å². The molecule has 1 fully saturated rings. The van der Waals surface area contributed by atoms with Crippen LogP contribution in [0.4, 0.5) is 0 Å². The van der Waals surface area contributed by atoms with Crippen molar-refractivity contribution in [2.75, 3.05) is 6.54 Å². The van der Waals surface area contributed by atoms with Gasteiger partial charge in [-0.05, 0) is 23.3 Å². The molecule has 0 aromatic heterocycles. The average Bonchev–Trinajstić information content (AvgIpc) is 2.56. The second kappa shape index (κ2) is 10.3. The van der Waals surface area contributed by atoms with Gasteiger partial charge in [-0.3, -0.25) is 4.79 Å². The maximum Gasteiger partial charge on any atom is 0.509 e. The van der Waals surface area contributed by atoms with Gasteiger partial charge in [-0.1, -0.05) is 39.5 Å². The van der Waals surface area contributed by atoms with E-state index in [1.54, 1.807) is 0 Å². The fourth-order valence-corrected chi connectivity index (χ4v) is 4.28. The number of aliphatic hydroxyl groups excluding tert-OH is 1. The number of nitrogens with one attached hydrogen (secondary N) is 1. The van der Waals surface area contributed by atoms with E-state index in [0.29, 0.717) is 0 Å². The molecule has 1 amide bonds. The van der Waals surface area contributed by atoms with Gasteiger partial charge in [0.15, 0.2) is 5.66 Å². The van der Waals surface area contributed by atoms with E-state index >= 15 is 0 Å². The molecule has 23 heavy (non-hydrogen) atoms. The third-order valence-electron chi connectivity index (χ3n) is 5.06. The summed E-state index contributed by atoms with van der Waals surface area (Å²) < 4.78 is 11.6. The molecule has 0 heterocycles. The van der Waals surface area contributed by atoms with Crippen molar-refractivity contribution in [3.63, 3.8) is 0 Å². The number of hydrogen-bond acceptors (Lipinski definition) is 4. The molecule has 0 spiro atoms. The zero-order valence-electron chi connectivity index (χ0n) is 14.3. The molecule has 0 aromatic rings. The molecule has 1 aliphatic carbocycles. The summed E-state index contributed by atoms with van der Waals surface area (Å²) >= 11 is 0. The minimum atomic E-state index is -2.32. The molecular formula is C16H32N2O4P+. The van der Waals surface area contributed by atoms with Gasteiger partial charge in [0.05, 0.1) is 12.1 Å². The Morgan fingerprint density at radius 2 is 1.96 bits per heavy atom. The van der Waals surface area contributed by atoms with E-state index in [1.165, 1.54) is 6.42 Å². The van der Waals surface area contributed by atoms with Crippen LogP contribution < -0.4 is 11.1 Å². The monoisotopic (exact) mass is 347 g/mol. The minimum Gasteiger partial charge on any atom is -0.391 e. The summed E-state index contributed by atoms with van der Waals surface area (Å²) in [7, 11) is -2.32. The van der Waals surface area contributed by atoms with E-state index in [2.05, 4.69) is 5.32 Å². The van der Waals surface area contributed by atoms with Gasteiger partial charge in [0.2, 0.25) is 5.91 Å². The van der Waals surface area contributed by atoms with Gasteiger partial charge in [0, 0.05) is 18.9 Å². The summed E-state index contributed by atoms with van der Waals surface area (Å²) in [5.74, 6) is 0.000127. The highest BCUT2D eigenvalue weighted by molar-refractivity contribution is 7.38. The van der Waals surface area contributed by atoms with Gasteiger partial charge in [0.1, 0.15) is 0 Å². The first-order valence-electron chi connectivity index (χ1n) is 8.73. The van der Waals surface area contributed by atoms with Crippen LogP contribution in [0, 0.1) is 11.8 Å². The van der Waals surface area contributed by atoms with Crippen LogP contribution >= 0.6 is 8.03 Å². The molecule has 4 unspecified atom stereocenters. The SMILES string of the molecule is CCC(C)C(N)C(=O)NC[C@H](O)CC(C1CCCCC1)[P+](=O)O. The average molecular weight is 347 g/mol. The van der Waals surface area contributed by atoms with Crippen molar-refractivity contribution in [1.29, 1.82) is 0 Å². The van der Waals surface area contributed by atoms with Crippen molar-refractivity contribution in [3.8, 4) is 0 Å². The summed E-state index contributed by atoms with van der Waals surface area (Å²) in [5.41, 5.74) is 5.45. The smallest absolute Gasteiger partial charge is 0.391 e. The molecule has 0 saturated heterocycles. The lowest BCUT2D eigenvalue weighted by atomic mass is 9.85. The number of rotatable bonds is 9. The van der Waals surface area contributed by atoms with Gasteiger partial charge in [-0.25, -0.2) is 0 Å². The second-order valence-corrected chi connectivity index (χ2v) is 8.08. The lowest BCUT2D eigenvalue weighted by Gasteiger charge is -2.24. The molecule has 6 nitrogen and oxygen atoms in total. The largest absolute Gasteiger partial charge is 0.509 e. The predicted octanol–water partition coefficient (Wildman–Crippen LogP) is 1.91. The van der Waals surface area contributed by atoms with Gasteiger partial charge in [-0.2, -0.15) is 4.89 Å². The zero-order chi connectivity index (χ0) is 17.4. The molecule has 0 radical (unpaired) electrons. The molecule has 0 aliphatic heterocycles. The van der Waals surface area contributed by atoms with Gasteiger partial charge < -0.3 is 16.2 Å². The van der Waals surface area contributed by atoms with E-state index in [9.17, 15) is 19.4 Å². The Balaban J connectivity index is 2.44. The number of carbonyl (C=O) groups is 1. The minimum absolute atomic E-state index is 0.0778. The molecule has 5 N–H and O–H groups in total.